The highest BCUT2D eigenvalue weighted by Crippen LogP contribution is 2.27. The molecule has 0 saturated carbocycles. The third-order valence-electron chi connectivity index (χ3n) is 3.70. The monoisotopic (exact) mass is 298 g/mol. The van der Waals surface area contributed by atoms with Gasteiger partial charge in [-0.05, 0) is 17.7 Å². The van der Waals surface area contributed by atoms with Gasteiger partial charge in [0.1, 0.15) is 6.33 Å². The van der Waals surface area contributed by atoms with E-state index in [9.17, 15) is 0 Å². The minimum atomic E-state index is 0.864. The third kappa shape index (κ3) is 2.62. The van der Waals surface area contributed by atoms with Gasteiger partial charge >= 0.3 is 0 Å². The third-order valence-corrected chi connectivity index (χ3v) is 3.70. The van der Waals surface area contributed by atoms with Crippen molar-refractivity contribution in [1.29, 1.82) is 0 Å². The molecule has 4 nitrogen and oxygen atoms in total. The van der Waals surface area contributed by atoms with Gasteiger partial charge in [-0.15, -0.1) is 0 Å². The normalized spacial score (nSPS) is 10.6. The maximum absolute atomic E-state index is 4.51. The molecule has 0 aliphatic carbocycles. The number of rotatable bonds is 3. The molecule has 2 aromatic heterocycles. The molecule has 0 aliphatic heterocycles. The Labute approximate surface area is 134 Å². The van der Waals surface area contributed by atoms with E-state index in [-0.39, 0.29) is 0 Å². The lowest BCUT2D eigenvalue weighted by Gasteiger charge is -2.09. The van der Waals surface area contributed by atoms with E-state index >= 15 is 0 Å². The maximum atomic E-state index is 4.51. The second-order valence-electron chi connectivity index (χ2n) is 5.15. The first-order valence-electron chi connectivity index (χ1n) is 7.38. The van der Waals surface area contributed by atoms with Crippen LogP contribution in [0.25, 0.3) is 28.1 Å². The number of hydrogen-bond donors (Lipinski definition) is 0. The minimum absolute atomic E-state index is 0.864. The van der Waals surface area contributed by atoms with Crippen molar-refractivity contribution in [3.63, 3.8) is 0 Å². The van der Waals surface area contributed by atoms with Crippen LogP contribution < -0.4 is 0 Å². The Bertz CT molecular complexity index is 914. The minimum Gasteiger partial charge on any atom is -0.245 e. The fourth-order valence-electron chi connectivity index (χ4n) is 2.58. The number of hydrogen-bond acceptors (Lipinski definition) is 3. The van der Waals surface area contributed by atoms with Gasteiger partial charge in [0, 0.05) is 23.5 Å². The van der Waals surface area contributed by atoms with E-state index in [1.807, 2.05) is 53.5 Å². The first kappa shape index (κ1) is 13.4. The van der Waals surface area contributed by atoms with Gasteiger partial charge in [-0.2, -0.15) is 5.10 Å². The van der Waals surface area contributed by atoms with Crippen molar-refractivity contribution in [2.45, 2.75) is 0 Å². The topological polar surface area (TPSA) is 43.6 Å². The van der Waals surface area contributed by atoms with Crippen molar-refractivity contribution >= 4 is 0 Å². The molecular weight excluding hydrogens is 284 g/mol. The molecule has 0 amide bonds. The molecule has 0 saturated heterocycles. The molecule has 4 heteroatoms. The van der Waals surface area contributed by atoms with Crippen LogP contribution in [0.5, 0.6) is 0 Å². The Hall–Kier alpha value is -3.27. The molecule has 4 aromatic rings. The first-order valence-corrected chi connectivity index (χ1v) is 7.38. The molecule has 0 fully saturated rings. The van der Waals surface area contributed by atoms with Crippen molar-refractivity contribution in [2.24, 2.45) is 0 Å². The van der Waals surface area contributed by atoms with E-state index in [2.05, 4.69) is 39.3 Å². The van der Waals surface area contributed by atoms with E-state index in [1.54, 1.807) is 12.5 Å². The number of aromatic nitrogens is 4. The fraction of sp³-hybridized carbons (Fsp3) is 0. The molecule has 0 bridgehead atoms. The van der Waals surface area contributed by atoms with Crippen molar-refractivity contribution < 1.29 is 0 Å². The van der Waals surface area contributed by atoms with E-state index in [1.165, 1.54) is 5.56 Å². The van der Waals surface area contributed by atoms with Crippen LogP contribution in [0.3, 0.4) is 0 Å². The largest absolute Gasteiger partial charge is 0.245 e. The van der Waals surface area contributed by atoms with E-state index in [4.69, 9.17) is 0 Å². The van der Waals surface area contributed by atoms with Gasteiger partial charge in [-0.1, -0.05) is 48.5 Å². The predicted molar refractivity (Wildman–Crippen MR) is 90.0 cm³/mol. The molecule has 23 heavy (non-hydrogen) atoms. The molecule has 0 unspecified atom stereocenters. The summed E-state index contributed by atoms with van der Waals surface area (Å²) >= 11 is 0. The van der Waals surface area contributed by atoms with Crippen LogP contribution >= 0.6 is 0 Å². The Morgan fingerprint density at radius 1 is 0.783 bits per heavy atom. The fourth-order valence-corrected chi connectivity index (χ4v) is 2.58. The van der Waals surface area contributed by atoms with Crippen molar-refractivity contribution in [2.75, 3.05) is 0 Å². The highest BCUT2D eigenvalue weighted by molar-refractivity contribution is 5.73. The highest BCUT2D eigenvalue weighted by atomic mass is 15.3. The van der Waals surface area contributed by atoms with Gasteiger partial charge in [0.15, 0.2) is 0 Å². The average molecular weight is 298 g/mol. The first-order chi connectivity index (χ1) is 11.4. The van der Waals surface area contributed by atoms with Crippen LogP contribution in [-0.4, -0.2) is 19.7 Å². The highest BCUT2D eigenvalue weighted by Gasteiger charge is 2.09. The lowest BCUT2D eigenvalue weighted by Crippen LogP contribution is -1.97. The Balaban J connectivity index is 1.79. The molecule has 0 radical (unpaired) electrons. The number of nitrogens with zero attached hydrogens (tertiary/aromatic N) is 4. The lowest BCUT2D eigenvalue weighted by molar-refractivity contribution is 0.882. The van der Waals surface area contributed by atoms with E-state index in [0.29, 0.717) is 0 Å². The van der Waals surface area contributed by atoms with Crippen LogP contribution in [0, 0.1) is 0 Å². The molecular formula is C19H14N4. The van der Waals surface area contributed by atoms with E-state index in [0.717, 1.165) is 22.5 Å². The summed E-state index contributed by atoms with van der Waals surface area (Å²) in [4.78, 5) is 8.22. The van der Waals surface area contributed by atoms with Crippen LogP contribution in [-0.2, 0) is 0 Å². The quantitative estimate of drug-likeness (QED) is 0.574. The Kier molecular flexibility index (Phi) is 3.41. The smallest absolute Gasteiger partial charge is 0.116 e. The van der Waals surface area contributed by atoms with E-state index < -0.39 is 0 Å². The molecule has 2 heterocycles. The zero-order valence-electron chi connectivity index (χ0n) is 12.4. The summed E-state index contributed by atoms with van der Waals surface area (Å²) in [7, 11) is 0. The molecule has 110 valence electrons. The summed E-state index contributed by atoms with van der Waals surface area (Å²) in [6.07, 6.45) is 7.09. The Morgan fingerprint density at radius 3 is 2.43 bits per heavy atom. The summed E-state index contributed by atoms with van der Waals surface area (Å²) in [6, 6.07) is 20.4. The van der Waals surface area contributed by atoms with Crippen LogP contribution in [0.4, 0.5) is 0 Å². The second-order valence-corrected chi connectivity index (χ2v) is 5.15. The lowest BCUT2D eigenvalue weighted by atomic mass is 10.0. The van der Waals surface area contributed by atoms with Crippen LogP contribution in [0.15, 0.2) is 85.6 Å². The van der Waals surface area contributed by atoms with Crippen molar-refractivity contribution in [3.05, 3.63) is 85.6 Å². The summed E-state index contributed by atoms with van der Waals surface area (Å²) in [6.45, 7) is 0. The standard InChI is InChI=1S/C19H14N4/c1-2-6-15(7-3-1)17-8-4-5-9-19(17)23-13-16(12-22-23)18-10-11-20-14-21-18/h1-14H. The van der Waals surface area contributed by atoms with Crippen molar-refractivity contribution in [3.8, 4) is 28.1 Å². The zero-order valence-corrected chi connectivity index (χ0v) is 12.4. The maximum Gasteiger partial charge on any atom is 0.116 e. The average Bonchev–Trinajstić information content (AvgIpc) is 3.13. The molecule has 4 rings (SSSR count). The molecule has 0 atom stereocenters. The summed E-state index contributed by atoms with van der Waals surface area (Å²) in [5.74, 6) is 0. The van der Waals surface area contributed by atoms with Gasteiger partial charge < -0.3 is 0 Å². The van der Waals surface area contributed by atoms with Gasteiger partial charge in [0.25, 0.3) is 0 Å². The Morgan fingerprint density at radius 2 is 1.61 bits per heavy atom. The molecule has 0 aliphatic rings. The SMILES string of the molecule is c1ccc(-c2ccccc2-n2cc(-c3ccncn3)cn2)cc1. The van der Waals surface area contributed by atoms with Crippen LogP contribution in [0.2, 0.25) is 0 Å². The van der Waals surface area contributed by atoms with Crippen LogP contribution in [0.1, 0.15) is 0 Å². The van der Waals surface area contributed by atoms with Gasteiger partial charge in [-0.25, -0.2) is 14.6 Å². The zero-order chi connectivity index (χ0) is 15.5. The number of para-hydroxylation sites is 1. The summed E-state index contributed by atoms with van der Waals surface area (Å²) in [5, 5.41) is 4.51. The summed E-state index contributed by atoms with van der Waals surface area (Å²) in [5.41, 5.74) is 5.19. The van der Waals surface area contributed by atoms with Crippen molar-refractivity contribution in [1.82, 2.24) is 19.7 Å². The predicted octanol–water partition coefficient (Wildman–Crippen LogP) is 4.00. The molecule has 0 spiro atoms. The number of benzene rings is 2. The summed E-state index contributed by atoms with van der Waals surface area (Å²) < 4.78 is 1.89. The second kappa shape index (κ2) is 5.85. The van der Waals surface area contributed by atoms with Gasteiger partial charge in [-0.3, -0.25) is 0 Å². The van der Waals surface area contributed by atoms with Gasteiger partial charge in [0.05, 0.1) is 17.6 Å². The molecule has 0 N–H and O–H groups in total. The van der Waals surface area contributed by atoms with Gasteiger partial charge in [0.2, 0.25) is 0 Å². The molecule has 2 aromatic carbocycles.